The van der Waals surface area contributed by atoms with Crippen molar-refractivity contribution in [2.75, 3.05) is 49.2 Å². The molecular weight excluding hydrogens is 330 g/mol. The highest BCUT2D eigenvalue weighted by Crippen LogP contribution is 2.22. The molecule has 140 valence electrons. The Morgan fingerprint density at radius 1 is 0.885 bits per heavy atom. The van der Waals surface area contributed by atoms with Gasteiger partial charge in [0, 0.05) is 31.7 Å². The smallest absolute Gasteiger partial charge is 0.230 e. The minimum Gasteiger partial charge on any atom is -0.395 e. The zero-order valence-corrected chi connectivity index (χ0v) is 15.5. The zero-order chi connectivity index (χ0) is 18.9. The van der Waals surface area contributed by atoms with Gasteiger partial charge in [-0.1, -0.05) is 36.9 Å². The first-order valence-corrected chi connectivity index (χ1v) is 8.87. The maximum Gasteiger partial charge on any atom is 0.230 e. The molecule has 26 heavy (non-hydrogen) atoms. The molecule has 2 rings (SSSR count). The second kappa shape index (κ2) is 9.84. The fraction of sp³-hybridized carbons (Fsp3) is 0.421. The van der Waals surface area contributed by atoms with Crippen LogP contribution in [0.1, 0.15) is 19.4 Å². The molecule has 0 amide bonds. The third-order valence-electron chi connectivity index (χ3n) is 4.09. The maximum atomic E-state index is 9.33. The lowest BCUT2D eigenvalue weighted by Gasteiger charge is -2.24. The van der Waals surface area contributed by atoms with E-state index in [9.17, 15) is 10.2 Å². The van der Waals surface area contributed by atoms with Crippen LogP contribution in [-0.4, -0.2) is 64.6 Å². The maximum absolute atomic E-state index is 9.33. The van der Waals surface area contributed by atoms with Crippen LogP contribution in [0.25, 0.3) is 17.5 Å². The number of aromatic nitrogens is 3. The predicted octanol–water partition coefficient (Wildman–Crippen LogP) is 1.82. The Kier molecular flexibility index (Phi) is 7.50. The average Bonchev–Trinajstić information content (AvgIpc) is 2.68. The van der Waals surface area contributed by atoms with Gasteiger partial charge in [0.15, 0.2) is 5.82 Å². The minimum absolute atomic E-state index is 0.0460. The molecule has 0 fully saturated rings. The predicted molar refractivity (Wildman–Crippen MR) is 105 cm³/mol. The van der Waals surface area contributed by atoms with Crippen molar-refractivity contribution in [3.63, 3.8) is 0 Å². The number of nitrogens with zero attached hydrogens (tertiary/aromatic N) is 5. The summed E-state index contributed by atoms with van der Waals surface area (Å²) in [6.07, 6.45) is 1.79. The van der Waals surface area contributed by atoms with Gasteiger partial charge in [-0.3, -0.25) is 0 Å². The molecular formula is C19H27N5O2. The molecule has 1 aromatic heterocycles. The van der Waals surface area contributed by atoms with E-state index in [1.54, 1.807) is 11.0 Å². The molecule has 7 heteroatoms. The van der Waals surface area contributed by atoms with Gasteiger partial charge >= 0.3 is 0 Å². The largest absolute Gasteiger partial charge is 0.395 e. The van der Waals surface area contributed by atoms with E-state index in [2.05, 4.69) is 21.5 Å². The lowest BCUT2D eigenvalue weighted by Crippen LogP contribution is -2.33. The highest BCUT2D eigenvalue weighted by Gasteiger charge is 2.16. The van der Waals surface area contributed by atoms with E-state index in [-0.39, 0.29) is 13.2 Å². The van der Waals surface area contributed by atoms with Crippen LogP contribution in [-0.2, 0) is 0 Å². The van der Waals surface area contributed by atoms with Crippen LogP contribution < -0.4 is 9.80 Å². The van der Waals surface area contributed by atoms with E-state index >= 15 is 0 Å². The number of hydrogen-bond donors (Lipinski definition) is 2. The van der Waals surface area contributed by atoms with Crippen LogP contribution in [0.3, 0.4) is 0 Å². The van der Waals surface area contributed by atoms with Crippen LogP contribution in [0.2, 0.25) is 0 Å². The Morgan fingerprint density at radius 2 is 1.42 bits per heavy atom. The van der Waals surface area contributed by atoms with E-state index in [0.717, 1.165) is 24.2 Å². The Morgan fingerprint density at radius 3 is 1.88 bits per heavy atom. The first-order valence-electron chi connectivity index (χ1n) is 8.87. The van der Waals surface area contributed by atoms with E-state index in [4.69, 9.17) is 0 Å². The average molecular weight is 357 g/mol. The summed E-state index contributed by atoms with van der Waals surface area (Å²) in [6.45, 7) is 10.0. The summed E-state index contributed by atoms with van der Waals surface area (Å²) < 4.78 is 0. The van der Waals surface area contributed by atoms with E-state index < -0.39 is 0 Å². The normalized spacial score (nSPS) is 10.6. The fourth-order valence-electron chi connectivity index (χ4n) is 2.59. The zero-order valence-electron chi connectivity index (χ0n) is 15.5. The van der Waals surface area contributed by atoms with Crippen molar-refractivity contribution in [2.24, 2.45) is 0 Å². The minimum atomic E-state index is -0.0460. The lowest BCUT2D eigenvalue weighted by molar-refractivity contribution is 0.280. The van der Waals surface area contributed by atoms with Gasteiger partial charge in [-0.05, 0) is 19.4 Å². The Balaban J connectivity index is 2.52. The van der Waals surface area contributed by atoms with Gasteiger partial charge in [0.1, 0.15) is 0 Å². The molecule has 0 aliphatic heterocycles. The lowest BCUT2D eigenvalue weighted by atomic mass is 10.1. The molecule has 2 N–H and O–H groups in total. The van der Waals surface area contributed by atoms with Crippen LogP contribution in [0.5, 0.6) is 0 Å². The molecule has 0 saturated carbocycles. The quantitative estimate of drug-likeness (QED) is 0.671. The molecule has 7 nitrogen and oxygen atoms in total. The Bertz CT molecular complexity index is 696. The Hall–Kier alpha value is -2.51. The third kappa shape index (κ3) is 4.77. The van der Waals surface area contributed by atoms with Crippen molar-refractivity contribution in [2.45, 2.75) is 13.8 Å². The molecule has 2 aromatic rings. The summed E-state index contributed by atoms with van der Waals surface area (Å²) in [6, 6.07) is 7.82. The summed E-state index contributed by atoms with van der Waals surface area (Å²) in [5.74, 6) is 1.60. The van der Waals surface area contributed by atoms with Crippen LogP contribution in [0.15, 0.2) is 30.8 Å². The fourth-order valence-corrected chi connectivity index (χ4v) is 2.59. The number of hydrogen-bond acceptors (Lipinski definition) is 7. The first kappa shape index (κ1) is 19.8. The van der Waals surface area contributed by atoms with Crippen molar-refractivity contribution in [3.8, 4) is 11.4 Å². The molecule has 0 aliphatic rings. The molecule has 0 unspecified atom stereocenters. The number of rotatable bonds is 10. The summed E-state index contributed by atoms with van der Waals surface area (Å²) in [7, 11) is 0. The molecule has 0 aliphatic carbocycles. The van der Waals surface area contributed by atoms with Gasteiger partial charge in [-0.15, -0.1) is 0 Å². The second-order valence-electron chi connectivity index (χ2n) is 5.69. The first-order chi connectivity index (χ1) is 12.7. The molecule has 0 bridgehead atoms. The molecule has 0 spiro atoms. The van der Waals surface area contributed by atoms with Crippen molar-refractivity contribution in [1.82, 2.24) is 15.0 Å². The summed E-state index contributed by atoms with van der Waals surface area (Å²) in [5, 5.41) is 18.7. The highest BCUT2D eigenvalue weighted by atomic mass is 16.3. The number of aliphatic hydroxyl groups is 2. The number of benzene rings is 1. The van der Waals surface area contributed by atoms with E-state index in [1.165, 1.54) is 0 Å². The van der Waals surface area contributed by atoms with Gasteiger partial charge < -0.3 is 20.0 Å². The molecule has 0 saturated heterocycles. The van der Waals surface area contributed by atoms with Crippen LogP contribution in [0.4, 0.5) is 11.9 Å². The van der Waals surface area contributed by atoms with Crippen molar-refractivity contribution in [3.05, 3.63) is 36.4 Å². The van der Waals surface area contributed by atoms with Crippen LogP contribution in [0, 0.1) is 0 Å². The summed E-state index contributed by atoms with van der Waals surface area (Å²) in [4.78, 5) is 17.6. The molecule has 1 aromatic carbocycles. The molecule has 0 radical (unpaired) electrons. The van der Waals surface area contributed by atoms with Gasteiger partial charge in [0.25, 0.3) is 0 Å². The topological polar surface area (TPSA) is 85.6 Å². The molecule has 1 heterocycles. The van der Waals surface area contributed by atoms with Crippen molar-refractivity contribution < 1.29 is 10.2 Å². The van der Waals surface area contributed by atoms with Gasteiger partial charge in [0.05, 0.1) is 13.2 Å². The van der Waals surface area contributed by atoms with Gasteiger partial charge in [-0.2, -0.15) is 15.0 Å². The van der Waals surface area contributed by atoms with E-state index in [0.29, 0.717) is 30.8 Å². The third-order valence-corrected chi connectivity index (χ3v) is 4.09. The highest BCUT2D eigenvalue weighted by molar-refractivity contribution is 5.61. The number of anilines is 2. The SMILES string of the molecule is C=Cc1ccc(-c2nc(N(CC)CC)nc(N(CCO)CCO)n2)cc1. The van der Waals surface area contributed by atoms with Crippen LogP contribution >= 0.6 is 0 Å². The number of aliphatic hydroxyl groups excluding tert-OH is 2. The summed E-state index contributed by atoms with van der Waals surface area (Å²) in [5.41, 5.74) is 1.90. The van der Waals surface area contributed by atoms with Gasteiger partial charge in [-0.25, -0.2) is 0 Å². The summed E-state index contributed by atoms with van der Waals surface area (Å²) >= 11 is 0. The second-order valence-corrected chi connectivity index (χ2v) is 5.69. The standard InChI is InChI=1S/C19H27N5O2/c1-4-15-7-9-16(10-8-15)17-20-18(23(5-2)6-3)22-19(21-17)24(11-13-25)12-14-26/h4,7-10,25-26H,1,5-6,11-14H2,2-3H3. The van der Waals surface area contributed by atoms with Gasteiger partial charge in [0.2, 0.25) is 11.9 Å². The van der Waals surface area contributed by atoms with Crippen molar-refractivity contribution in [1.29, 1.82) is 0 Å². The van der Waals surface area contributed by atoms with Crippen molar-refractivity contribution >= 4 is 18.0 Å². The van der Waals surface area contributed by atoms with E-state index in [1.807, 2.05) is 43.0 Å². The Labute approximate surface area is 154 Å². The monoisotopic (exact) mass is 357 g/mol. The molecule has 0 atom stereocenters.